The number of nitrogens with zero attached hydrogens (tertiary/aromatic N) is 4. The molecular formula is C14H18N4O2S. The first-order valence-corrected chi connectivity index (χ1v) is 8.65. The Hall–Kier alpha value is -1.49. The lowest BCUT2D eigenvalue weighted by Gasteiger charge is -2.25. The van der Waals surface area contributed by atoms with E-state index in [9.17, 15) is 8.42 Å². The average molecular weight is 306 g/mol. The van der Waals surface area contributed by atoms with Crippen LogP contribution in [0.5, 0.6) is 0 Å². The third-order valence-corrected chi connectivity index (χ3v) is 6.10. The lowest BCUT2D eigenvalue weighted by molar-refractivity contribution is 0.257. The first-order chi connectivity index (χ1) is 10.1. The van der Waals surface area contributed by atoms with Crippen molar-refractivity contribution in [2.75, 3.05) is 26.2 Å². The molecule has 3 heterocycles. The summed E-state index contributed by atoms with van der Waals surface area (Å²) in [4.78, 5) is 6.44. The fourth-order valence-electron chi connectivity index (χ4n) is 3.14. The van der Waals surface area contributed by atoms with Crippen molar-refractivity contribution in [2.45, 2.75) is 30.2 Å². The van der Waals surface area contributed by atoms with Gasteiger partial charge < -0.3 is 0 Å². The summed E-state index contributed by atoms with van der Waals surface area (Å²) < 4.78 is 27.0. The second-order valence-electron chi connectivity index (χ2n) is 5.54. The SMILES string of the molecule is N#Cc1ccc(S(=O)(=O)N2CCCN3CCCC3C2)cn1. The fraction of sp³-hybridized carbons (Fsp3) is 0.571. The van der Waals surface area contributed by atoms with Crippen LogP contribution in [0.2, 0.25) is 0 Å². The van der Waals surface area contributed by atoms with Gasteiger partial charge in [0.15, 0.2) is 0 Å². The van der Waals surface area contributed by atoms with E-state index in [4.69, 9.17) is 5.26 Å². The molecule has 1 unspecified atom stereocenters. The molecule has 2 saturated heterocycles. The highest BCUT2D eigenvalue weighted by atomic mass is 32.2. The van der Waals surface area contributed by atoms with Gasteiger partial charge in [-0.15, -0.1) is 0 Å². The van der Waals surface area contributed by atoms with E-state index in [0.29, 0.717) is 19.1 Å². The maximum atomic E-state index is 12.7. The van der Waals surface area contributed by atoms with E-state index in [1.54, 1.807) is 4.31 Å². The summed E-state index contributed by atoms with van der Waals surface area (Å²) in [6, 6.07) is 5.16. The zero-order chi connectivity index (χ0) is 14.9. The van der Waals surface area contributed by atoms with Crippen LogP contribution in [-0.4, -0.2) is 54.8 Å². The molecule has 3 rings (SSSR count). The summed E-state index contributed by atoms with van der Waals surface area (Å²) in [5.74, 6) is 0. The number of fused-ring (bicyclic) bond motifs is 1. The molecule has 1 aromatic rings. The number of rotatable bonds is 2. The Kier molecular flexibility index (Phi) is 3.93. The Morgan fingerprint density at radius 1 is 1.24 bits per heavy atom. The molecule has 7 heteroatoms. The predicted octanol–water partition coefficient (Wildman–Crippen LogP) is 0.812. The van der Waals surface area contributed by atoms with Crippen molar-refractivity contribution in [1.29, 1.82) is 5.26 Å². The number of aromatic nitrogens is 1. The van der Waals surface area contributed by atoms with Crippen molar-refractivity contribution < 1.29 is 8.42 Å². The van der Waals surface area contributed by atoms with Crippen LogP contribution in [0, 0.1) is 11.3 Å². The minimum atomic E-state index is -3.51. The first kappa shape index (κ1) is 14.4. The third kappa shape index (κ3) is 2.79. The number of hydrogen-bond acceptors (Lipinski definition) is 5. The van der Waals surface area contributed by atoms with Crippen LogP contribution in [0.1, 0.15) is 25.0 Å². The average Bonchev–Trinajstić information content (AvgIpc) is 2.84. The van der Waals surface area contributed by atoms with Gasteiger partial charge in [0.05, 0.1) is 0 Å². The van der Waals surface area contributed by atoms with Gasteiger partial charge in [-0.1, -0.05) is 0 Å². The van der Waals surface area contributed by atoms with Crippen LogP contribution >= 0.6 is 0 Å². The second kappa shape index (κ2) is 5.72. The van der Waals surface area contributed by atoms with Crippen molar-refractivity contribution in [3.8, 4) is 6.07 Å². The smallest absolute Gasteiger partial charge is 0.244 e. The Morgan fingerprint density at radius 3 is 2.76 bits per heavy atom. The largest absolute Gasteiger partial charge is 0.299 e. The van der Waals surface area contributed by atoms with Crippen LogP contribution in [0.4, 0.5) is 0 Å². The zero-order valence-corrected chi connectivity index (χ0v) is 12.6. The van der Waals surface area contributed by atoms with Gasteiger partial charge in [0.2, 0.25) is 10.0 Å². The Balaban J connectivity index is 1.84. The lowest BCUT2D eigenvalue weighted by atomic mass is 10.2. The van der Waals surface area contributed by atoms with Gasteiger partial charge in [0.1, 0.15) is 16.7 Å². The van der Waals surface area contributed by atoms with Gasteiger partial charge in [-0.3, -0.25) is 4.90 Å². The van der Waals surface area contributed by atoms with Crippen LogP contribution < -0.4 is 0 Å². The summed E-state index contributed by atoms with van der Waals surface area (Å²) >= 11 is 0. The molecule has 0 bridgehead atoms. The molecule has 0 spiro atoms. The van der Waals surface area contributed by atoms with Gasteiger partial charge in [-0.2, -0.15) is 9.57 Å². The van der Waals surface area contributed by atoms with Crippen molar-refractivity contribution in [2.24, 2.45) is 0 Å². The highest BCUT2D eigenvalue weighted by Gasteiger charge is 2.34. The van der Waals surface area contributed by atoms with Gasteiger partial charge in [0.25, 0.3) is 0 Å². The molecule has 2 fully saturated rings. The zero-order valence-electron chi connectivity index (χ0n) is 11.8. The van der Waals surface area contributed by atoms with Gasteiger partial charge in [-0.25, -0.2) is 13.4 Å². The molecule has 1 aromatic heterocycles. The van der Waals surface area contributed by atoms with Gasteiger partial charge in [0, 0.05) is 25.3 Å². The summed E-state index contributed by atoms with van der Waals surface area (Å²) in [7, 11) is -3.51. The maximum Gasteiger partial charge on any atom is 0.244 e. The minimum absolute atomic E-state index is 0.174. The lowest BCUT2D eigenvalue weighted by Crippen LogP contribution is -2.39. The molecule has 0 aliphatic carbocycles. The molecule has 0 aromatic carbocycles. The van der Waals surface area contributed by atoms with E-state index in [2.05, 4.69) is 9.88 Å². The Morgan fingerprint density at radius 2 is 2.05 bits per heavy atom. The van der Waals surface area contributed by atoms with E-state index in [1.807, 2.05) is 6.07 Å². The molecule has 21 heavy (non-hydrogen) atoms. The summed E-state index contributed by atoms with van der Waals surface area (Å²) in [5, 5.41) is 8.74. The van der Waals surface area contributed by atoms with E-state index >= 15 is 0 Å². The summed E-state index contributed by atoms with van der Waals surface area (Å²) in [6.07, 6.45) is 4.36. The number of nitriles is 1. The minimum Gasteiger partial charge on any atom is -0.299 e. The van der Waals surface area contributed by atoms with Crippen LogP contribution in [0.25, 0.3) is 0 Å². The van der Waals surface area contributed by atoms with Crippen molar-refractivity contribution in [1.82, 2.24) is 14.2 Å². The summed E-state index contributed by atoms with van der Waals surface area (Å²) in [6.45, 7) is 3.16. The quantitative estimate of drug-likeness (QED) is 0.808. The topological polar surface area (TPSA) is 77.3 Å². The van der Waals surface area contributed by atoms with E-state index in [0.717, 1.165) is 32.4 Å². The molecule has 6 nitrogen and oxygen atoms in total. The second-order valence-corrected chi connectivity index (χ2v) is 7.48. The summed E-state index contributed by atoms with van der Waals surface area (Å²) in [5.41, 5.74) is 0.229. The van der Waals surface area contributed by atoms with Gasteiger partial charge >= 0.3 is 0 Å². The molecule has 0 radical (unpaired) electrons. The molecule has 0 saturated carbocycles. The van der Waals surface area contributed by atoms with Crippen molar-refractivity contribution >= 4 is 10.0 Å². The molecule has 0 amide bonds. The van der Waals surface area contributed by atoms with Crippen LogP contribution in [0.15, 0.2) is 23.2 Å². The normalized spacial score (nSPS) is 24.2. The van der Waals surface area contributed by atoms with Crippen LogP contribution in [-0.2, 0) is 10.0 Å². The highest BCUT2D eigenvalue weighted by Crippen LogP contribution is 2.25. The fourth-order valence-corrected chi connectivity index (χ4v) is 4.60. The Labute approximate surface area is 125 Å². The maximum absolute atomic E-state index is 12.7. The number of hydrogen-bond donors (Lipinski definition) is 0. The molecule has 112 valence electrons. The predicted molar refractivity (Wildman–Crippen MR) is 76.9 cm³/mol. The standard InChI is InChI=1S/C14H18N4O2S/c15-9-12-4-5-14(10-16-12)21(19,20)18-8-2-7-17-6-1-3-13(17)11-18/h4-5,10,13H,1-3,6-8,11H2. The molecule has 2 aliphatic heterocycles. The molecule has 0 N–H and O–H groups in total. The number of sulfonamides is 1. The van der Waals surface area contributed by atoms with Gasteiger partial charge in [-0.05, 0) is 44.5 Å². The van der Waals surface area contributed by atoms with E-state index in [1.165, 1.54) is 18.3 Å². The van der Waals surface area contributed by atoms with Crippen molar-refractivity contribution in [3.63, 3.8) is 0 Å². The molecule has 2 aliphatic rings. The number of pyridine rings is 1. The van der Waals surface area contributed by atoms with E-state index < -0.39 is 10.0 Å². The van der Waals surface area contributed by atoms with E-state index in [-0.39, 0.29) is 10.6 Å². The van der Waals surface area contributed by atoms with Crippen LogP contribution in [0.3, 0.4) is 0 Å². The van der Waals surface area contributed by atoms with Crippen molar-refractivity contribution in [3.05, 3.63) is 24.0 Å². The Bertz CT molecular complexity index is 651. The highest BCUT2D eigenvalue weighted by molar-refractivity contribution is 7.89. The third-order valence-electron chi connectivity index (χ3n) is 4.25. The molecule has 1 atom stereocenters. The molecular weight excluding hydrogens is 288 g/mol. The first-order valence-electron chi connectivity index (χ1n) is 7.21. The monoisotopic (exact) mass is 306 g/mol.